The number of aromatic nitrogens is 2. The molecule has 1 aromatic heterocycles. The molecule has 0 amide bonds. The van der Waals surface area contributed by atoms with Crippen molar-refractivity contribution < 1.29 is 5.11 Å². The number of hydrogen-bond donors (Lipinski definition) is 3. The van der Waals surface area contributed by atoms with E-state index >= 15 is 0 Å². The van der Waals surface area contributed by atoms with Crippen molar-refractivity contribution in [3.05, 3.63) is 5.69 Å². The van der Waals surface area contributed by atoms with Crippen molar-refractivity contribution in [2.45, 2.75) is 19.8 Å². The number of aliphatic hydroxyl groups excluding tert-OH is 1. The molecule has 0 bridgehead atoms. The molecule has 5 heteroatoms. The first kappa shape index (κ1) is 10.3. The number of rotatable bonds is 4. The Morgan fingerprint density at radius 1 is 1.60 bits per heavy atom. The summed E-state index contributed by atoms with van der Waals surface area (Å²) in [4.78, 5) is 0. The summed E-state index contributed by atoms with van der Waals surface area (Å²) >= 11 is 0. The Bertz CT molecular complexity index is 368. The van der Waals surface area contributed by atoms with Crippen molar-refractivity contribution >= 4 is 11.5 Å². The molecule has 1 aliphatic rings. The summed E-state index contributed by atoms with van der Waals surface area (Å²) in [6.45, 7) is 2.91. The van der Waals surface area contributed by atoms with E-state index in [-0.39, 0.29) is 12.0 Å². The standard InChI is InChI=1S/C10H18N4O/c1-7-8(11)9(14(2)13-7)12-5-10(6-15)3-4-10/h12,15H,3-6,11H2,1-2H3. The largest absolute Gasteiger partial charge is 0.396 e. The molecule has 0 aromatic carbocycles. The summed E-state index contributed by atoms with van der Waals surface area (Å²) in [6.07, 6.45) is 2.18. The van der Waals surface area contributed by atoms with Gasteiger partial charge in [0, 0.05) is 19.0 Å². The number of aliphatic hydroxyl groups is 1. The van der Waals surface area contributed by atoms with Crippen LogP contribution in [0.1, 0.15) is 18.5 Å². The molecule has 0 atom stereocenters. The second kappa shape index (κ2) is 3.41. The summed E-state index contributed by atoms with van der Waals surface area (Å²) in [7, 11) is 1.87. The van der Waals surface area contributed by atoms with Gasteiger partial charge in [-0.15, -0.1) is 0 Å². The lowest BCUT2D eigenvalue weighted by Gasteiger charge is -2.14. The maximum atomic E-state index is 9.18. The maximum Gasteiger partial charge on any atom is 0.147 e. The van der Waals surface area contributed by atoms with Gasteiger partial charge in [0.25, 0.3) is 0 Å². The van der Waals surface area contributed by atoms with E-state index in [1.165, 1.54) is 0 Å². The third kappa shape index (κ3) is 1.79. The van der Waals surface area contributed by atoms with Crippen LogP contribution in [0.25, 0.3) is 0 Å². The molecule has 4 N–H and O–H groups in total. The van der Waals surface area contributed by atoms with Crippen LogP contribution in [0.2, 0.25) is 0 Å². The SMILES string of the molecule is Cc1nn(C)c(NCC2(CO)CC2)c1N. The van der Waals surface area contributed by atoms with Crippen LogP contribution >= 0.6 is 0 Å². The number of nitrogens with zero attached hydrogens (tertiary/aromatic N) is 2. The zero-order chi connectivity index (χ0) is 11.1. The number of hydrogen-bond acceptors (Lipinski definition) is 4. The molecular formula is C10H18N4O. The third-order valence-electron chi connectivity index (χ3n) is 3.19. The van der Waals surface area contributed by atoms with Crippen LogP contribution in [-0.4, -0.2) is 28.0 Å². The van der Waals surface area contributed by atoms with Crippen LogP contribution in [0.15, 0.2) is 0 Å². The average molecular weight is 210 g/mol. The van der Waals surface area contributed by atoms with Crippen molar-refractivity contribution in [1.29, 1.82) is 0 Å². The summed E-state index contributed by atoms with van der Waals surface area (Å²) < 4.78 is 1.75. The minimum atomic E-state index is 0.0879. The number of nitrogens with two attached hydrogens (primary N) is 1. The smallest absolute Gasteiger partial charge is 0.147 e. The molecule has 2 rings (SSSR count). The van der Waals surface area contributed by atoms with Gasteiger partial charge in [-0.25, -0.2) is 0 Å². The zero-order valence-corrected chi connectivity index (χ0v) is 9.25. The summed E-state index contributed by atoms with van der Waals surface area (Å²) in [5.74, 6) is 0.854. The molecule has 0 saturated heterocycles. The first-order chi connectivity index (χ1) is 7.08. The van der Waals surface area contributed by atoms with Crippen molar-refractivity contribution in [2.24, 2.45) is 12.5 Å². The minimum Gasteiger partial charge on any atom is -0.396 e. The van der Waals surface area contributed by atoms with Gasteiger partial charge >= 0.3 is 0 Å². The van der Waals surface area contributed by atoms with Crippen molar-refractivity contribution in [1.82, 2.24) is 9.78 Å². The third-order valence-corrected chi connectivity index (χ3v) is 3.19. The highest BCUT2D eigenvalue weighted by molar-refractivity contribution is 5.64. The van der Waals surface area contributed by atoms with Crippen molar-refractivity contribution in [3.8, 4) is 0 Å². The maximum absolute atomic E-state index is 9.18. The van der Waals surface area contributed by atoms with Gasteiger partial charge in [-0.3, -0.25) is 4.68 Å². The van der Waals surface area contributed by atoms with E-state index in [2.05, 4.69) is 10.4 Å². The van der Waals surface area contributed by atoms with Gasteiger partial charge in [0.1, 0.15) is 5.82 Å². The zero-order valence-electron chi connectivity index (χ0n) is 9.25. The molecule has 5 nitrogen and oxygen atoms in total. The van der Waals surface area contributed by atoms with Crippen LogP contribution in [0.3, 0.4) is 0 Å². The van der Waals surface area contributed by atoms with Crippen molar-refractivity contribution in [3.63, 3.8) is 0 Å². The highest BCUT2D eigenvalue weighted by Crippen LogP contribution is 2.45. The topological polar surface area (TPSA) is 76.1 Å². The van der Waals surface area contributed by atoms with E-state index in [4.69, 9.17) is 5.73 Å². The van der Waals surface area contributed by atoms with Gasteiger partial charge in [0.2, 0.25) is 0 Å². The van der Waals surface area contributed by atoms with Gasteiger partial charge < -0.3 is 16.2 Å². The Balaban J connectivity index is 2.05. The molecule has 1 aromatic rings. The van der Waals surface area contributed by atoms with Gasteiger partial charge in [0.05, 0.1) is 18.0 Å². The summed E-state index contributed by atoms with van der Waals surface area (Å²) in [5.41, 5.74) is 7.52. The fourth-order valence-electron chi connectivity index (χ4n) is 1.72. The van der Waals surface area contributed by atoms with Crippen molar-refractivity contribution in [2.75, 3.05) is 24.2 Å². The van der Waals surface area contributed by atoms with Gasteiger partial charge in [0.15, 0.2) is 0 Å². The van der Waals surface area contributed by atoms with Crippen LogP contribution in [0.4, 0.5) is 11.5 Å². The molecule has 0 radical (unpaired) electrons. The fourth-order valence-corrected chi connectivity index (χ4v) is 1.72. The molecule has 1 saturated carbocycles. The van der Waals surface area contributed by atoms with E-state index in [9.17, 15) is 5.11 Å². The number of nitrogen functional groups attached to an aromatic ring is 1. The highest BCUT2D eigenvalue weighted by atomic mass is 16.3. The number of anilines is 2. The van der Waals surface area contributed by atoms with Gasteiger partial charge in [-0.05, 0) is 19.8 Å². The Kier molecular flexibility index (Phi) is 2.34. The monoisotopic (exact) mass is 210 g/mol. The second-order valence-corrected chi connectivity index (χ2v) is 4.48. The predicted molar refractivity (Wildman–Crippen MR) is 59.6 cm³/mol. The van der Waals surface area contributed by atoms with E-state index in [1.54, 1.807) is 4.68 Å². The van der Waals surface area contributed by atoms with Crippen LogP contribution in [0, 0.1) is 12.3 Å². The van der Waals surface area contributed by atoms with E-state index in [0.29, 0.717) is 5.69 Å². The predicted octanol–water partition coefficient (Wildman–Crippen LogP) is 0.495. The fraction of sp³-hybridized carbons (Fsp3) is 0.700. The second-order valence-electron chi connectivity index (χ2n) is 4.48. The lowest BCUT2D eigenvalue weighted by molar-refractivity contribution is 0.219. The highest BCUT2D eigenvalue weighted by Gasteiger charge is 2.41. The number of aryl methyl sites for hydroxylation is 2. The average Bonchev–Trinajstić information content (AvgIpc) is 2.93. The van der Waals surface area contributed by atoms with E-state index < -0.39 is 0 Å². The van der Waals surface area contributed by atoms with Crippen LogP contribution < -0.4 is 11.1 Å². The Morgan fingerprint density at radius 2 is 2.27 bits per heavy atom. The van der Waals surface area contributed by atoms with Gasteiger partial charge in [-0.1, -0.05) is 0 Å². The molecular weight excluding hydrogens is 192 g/mol. The molecule has 0 spiro atoms. The molecule has 84 valence electrons. The quantitative estimate of drug-likeness (QED) is 0.676. The molecule has 1 aliphatic carbocycles. The molecule has 15 heavy (non-hydrogen) atoms. The number of nitrogens with one attached hydrogen (secondary N) is 1. The van der Waals surface area contributed by atoms with E-state index in [0.717, 1.165) is 30.9 Å². The normalized spacial score (nSPS) is 17.8. The summed E-state index contributed by atoms with van der Waals surface area (Å²) in [6, 6.07) is 0. The van der Waals surface area contributed by atoms with E-state index in [1.807, 2.05) is 14.0 Å². The molecule has 0 aliphatic heterocycles. The molecule has 1 fully saturated rings. The summed E-state index contributed by atoms with van der Waals surface area (Å²) in [5, 5.41) is 16.7. The Hall–Kier alpha value is -1.23. The molecule has 0 unspecified atom stereocenters. The first-order valence-electron chi connectivity index (χ1n) is 5.22. The lowest BCUT2D eigenvalue weighted by atomic mass is 10.1. The van der Waals surface area contributed by atoms with Gasteiger partial charge in [-0.2, -0.15) is 5.10 Å². The Morgan fingerprint density at radius 3 is 2.67 bits per heavy atom. The lowest BCUT2D eigenvalue weighted by Crippen LogP contribution is -2.20. The van der Waals surface area contributed by atoms with Crippen LogP contribution in [0.5, 0.6) is 0 Å². The minimum absolute atomic E-state index is 0.0879. The Labute approximate surface area is 89.3 Å². The van der Waals surface area contributed by atoms with Crippen LogP contribution in [-0.2, 0) is 7.05 Å². The molecule has 1 heterocycles. The first-order valence-corrected chi connectivity index (χ1v) is 5.22.